The van der Waals surface area contributed by atoms with Crippen molar-refractivity contribution in [3.05, 3.63) is 76.2 Å². The first-order valence-electron chi connectivity index (χ1n) is 10.1. The van der Waals surface area contributed by atoms with Crippen molar-refractivity contribution in [2.75, 3.05) is 13.2 Å². The number of carbonyl (C=O) groups excluding carboxylic acids is 2. The highest BCUT2D eigenvalue weighted by Crippen LogP contribution is 2.34. The first-order valence-corrected chi connectivity index (χ1v) is 10.1. The molecule has 2 aromatic rings. The van der Waals surface area contributed by atoms with E-state index in [2.05, 4.69) is 10.0 Å². The zero-order valence-electron chi connectivity index (χ0n) is 17.4. The molecule has 0 aliphatic rings. The van der Waals surface area contributed by atoms with E-state index in [1.807, 2.05) is 36.4 Å². The number of ether oxygens (including phenoxy) is 2. The molecule has 0 unspecified atom stereocenters. The van der Waals surface area contributed by atoms with Crippen molar-refractivity contribution in [3.63, 3.8) is 0 Å². The van der Waals surface area contributed by atoms with Crippen LogP contribution in [0.25, 0.3) is 10.4 Å². The van der Waals surface area contributed by atoms with Crippen LogP contribution in [0.1, 0.15) is 37.8 Å². The second kappa shape index (κ2) is 11.6. The van der Waals surface area contributed by atoms with Gasteiger partial charge < -0.3 is 9.47 Å². The number of hydrogen-bond acceptors (Lipinski definition) is 5. The molecule has 0 heterocycles. The molecule has 0 aliphatic heterocycles. The van der Waals surface area contributed by atoms with Crippen molar-refractivity contribution in [1.82, 2.24) is 0 Å². The van der Waals surface area contributed by atoms with Crippen LogP contribution in [-0.4, -0.2) is 25.2 Å². The van der Waals surface area contributed by atoms with Gasteiger partial charge in [-0.1, -0.05) is 53.6 Å². The van der Waals surface area contributed by atoms with Crippen LogP contribution in [0, 0.1) is 5.41 Å². The first-order chi connectivity index (χ1) is 14.6. The minimum atomic E-state index is -1.41. The number of esters is 2. The predicted octanol–water partition coefficient (Wildman–Crippen LogP) is 5.31. The van der Waals surface area contributed by atoms with E-state index in [1.54, 1.807) is 32.0 Å². The Labute approximate surface area is 176 Å². The van der Waals surface area contributed by atoms with Gasteiger partial charge in [0.1, 0.15) is 0 Å². The van der Waals surface area contributed by atoms with E-state index < -0.39 is 17.4 Å². The number of carbonyl (C=O) groups is 2. The molecule has 30 heavy (non-hydrogen) atoms. The zero-order chi connectivity index (χ0) is 21.8. The minimum absolute atomic E-state index is 0.178. The van der Waals surface area contributed by atoms with Gasteiger partial charge >= 0.3 is 11.9 Å². The van der Waals surface area contributed by atoms with Crippen molar-refractivity contribution in [2.24, 2.45) is 10.5 Å². The summed E-state index contributed by atoms with van der Waals surface area (Å²) in [5, 5.41) is 3.61. The number of benzene rings is 2. The van der Waals surface area contributed by atoms with Gasteiger partial charge in [0.2, 0.25) is 0 Å². The smallest absolute Gasteiger partial charge is 0.323 e. The van der Waals surface area contributed by atoms with E-state index in [0.29, 0.717) is 18.5 Å². The second-order valence-electron chi connectivity index (χ2n) is 6.87. The summed E-state index contributed by atoms with van der Waals surface area (Å²) in [4.78, 5) is 28.8. The average molecular weight is 409 g/mol. The molecule has 0 N–H and O–H groups in total. The van der Waals surface area contributed by atoms with Crippen LogP contribution in [0.2, 0.25) is 0 Å². The van der Waals surface area contributed by atoms with Crippen LogP contribution in [0.3, 0.4) is 0 Å². The molecule has 0 spiro atoms. The summed E-state index contributed by atoms with van der Waals surface area (Å²) >= 11 is 0. The van der Waals surface area contributed by atoms with E-state index in [-0.39, 0.29) is 26.1 Å². The lowest BCUT2D eigenvalue weighted by atomic mass is 9.77. The molecule has 0 fully saturated rings. The van der Waals surface area contributed by atoms with Gasteiger partial charge in [-0.2, -0.15) is 0 Å². The van der Waals surface area contributed by atoms with Gasteiger partial charge in [0.05, 0.1) is 13.2 Å². The number of nitrogens with zero attached hydrogens (tertiary/aromatic N) is 3. The molecule has 0 amide bonds. The molecule has 0 saturated heterocycles. The average Bonchev–Trinajstić information content (AvgIpc) is 2.75. The van der Waals surface area contributed by atoms with E-state index in [9.17, 15) is 9.59 Å². The summed E-state index contributed by atoms with van der Waals surface area (Å²) in [5.74, 6) is -1.13. The summed E-state index contributed by atoms with van der Waals surface area (Å²) in [6, 6.07) is 16.8. The Kier molecular flexibility index (Phi) is 8.91. The maximum absolute atomic E-state index is 13.0. The van der Waals surface area contributed by atoms with Crippen LogP contribution in [0.4, 0.5) is 5.69 Å². The number of aryl methyl sites for hydroxylation is 2. The van der Waals surface area contributed by atoms with Crippen LogP contribution in [-0.2, 0) is 31.9 Å². The highest BCUT2D eigenvalue weighted by molar-refractivity contribution is 6.00. The highest BCUT2D eigenvalue weighted by Gasteiger charge is 2.48. The molecule has 0 aromatic heterocycles. The fourth-order valence-corrected chi connectivity index (χ4v) is 3.34. The van der Waals surface area contributed by atoms with Crippen molar-refractivity contribution in [3.8, 4) is 0 Å². The monoisotopic (exact) mass is 409 g/mol. The van der Waals surface area contributed by atoms with Crippen molar-refractivity contribution < 1.29 is 19.1 Å². The number of hydrogen-bond donors (Lipinski definition) is 0. The van der Waals surface area contributed by atoms with Crippen molar-refractivity contribution in [2.45, 2.75) is 39.5 Å². The third-order valence-electron chi connectivity index (χ3n) is 4.93. The number of azide groups is 1. The summed E-state index contributed by atoms with van der Waals surface area (Å²) in [7, 11) is 0. The lowest BCUT2D eigenvalue weighted by molar-refractivity contribution is -0.173. The maximum Gasteiger partial charge on any atom is 0.323 e. The van der Waals surface area contributed by atoms with Gasteiger partial charge in [0, 0.05) is 10.6 Å². The third kappa shape index (κ3) is 6.09. The maximum atomic E-state index is 13.0. The predicted molar refractivity (Wildman–Crippen MR) is 114 cm³/mol. The normalized spacial score (nSPS) is 10.7. The summed E-state index contributed by atoms with van der Waals surface area (Å²) in [6.45, 7) is 3.79. The molecule has 7 nitrogen and oxygen atoms in total. The van der Waals surface area contributed by atoms with Crippen LogP contribution in [0.15, 0.2) is 59.7 Å². The summed E-state index contributed by atoms with van der Waals surface area (Å²) in [5.41, 5.74) is 9.61. The largest absolute Gasteiger partial charge is 0.465 e. The Balaban J connectivity index is 2.33. The number of rotatable bonds is 11. The molecule has 0 bridgehead atoms. The Morgan fingerprint density at radius 1 is 0.900 bits per heavy atom. The summed E-state index contributed by atoms with van der Waals surface area (Å²) < 4.78 is 10.6. The third-order valence-corrected chi connectivity index (χ3v) is 4.93. The lowest BCUT2D eigenvalue weighted by Crippen LogP contribution is -2.43. The van der Waals surface area contributed by atoms with Gasteiger partial charge in [-0.3, -0.25) is 9.59 Å². The van der Waals surface area contributed by atoms with E-state index in [0.717, 1.165) is 11.1 Å². The summed E-state index contributed by atoms with van der Waals surface area (Å²) in [6.07, 6.45) is 1.49. The molecule has 2 aromatic carbocycles. The van der Waals surface area contributed by atoms with Crippen molar-refractivity contribution >= 4 is 17.6 Å². The fourth-order valence-electron chi connectivity index (χ4n) is 3.34. The lowest BCUT2D eigenvalue weighted by Gasteiger charge is -2.29. The van der Waals surface area contributed by atoms with E-state index >= 15 is 0 Å². The van der Waals surface area contributed by atoms with E-state index in [4.69, 9.17) is 15.0 Å². The van der Waals surface area contributed by atoms with Gasteiger partial charge in [-0.15, -0.1) is 0 Å². The molecular formula is C23H27N3O4. The topological polar surface area (TPSA) is 101 Å². The Bertz CT molecular complexity index is 874. The van der Waals surface area contributed by atoms with Crippen LogP contribution in [0.5, 0.6) is 0 Å². The highest BCUT2D eigenvalue weighted by atomic mass is 16.6. The second-order valence-corrected chi connectivity index (χ2v) is 6.87. The standard InChI is InChI=1S/C23H27N3O4/c1-3-29-21(27)23(22(28)30-4-2,15-13-18-9-6-5-7-10-18)16-14-19-11-8-12-20(17-19)25-26-24/h5-12,17H,3-4,13-16H2,1-2H3. The minimum Gasteiger partial charge on any atom is -0.465 e. The Morgan fingerprint density at radius 2 is 1.47 bits per heavy atom. The Hall–Kier alpha value is -3.31. The first kappa shape index (κ1) is 23.0. The SMILES string of the molecule is CCOC(=O)C(CCc1ccccc1)(CCc1cccc(N=[N+]=[N-])c1)C(=O)OCC. The van der Waals surface area contributed by atoms with Crippen LogP contribution >= 0.6 is 0 Å². The molecule has 2 rings (SSSR count). The zero-order valence-corrected chi connectivity index (χ0v) is 17.4. The molecular weight excluding hydrogens is 382 g/mol. The fraction of sp³-hybridized carbons (Fsp3) is 0.391. The molecule has 0 aliphatic carbocycles. The van der Waals surface area contributed by atoms with Gasteiger partial charge in [0.25, 0.3) is 0 Å². The Morgan fingerprint density at radius 3 is 2.03 bits per heavy atom. The quantitative estimate of drug-likeness (QED) is 0.165. The molecule has 7 heteroatoms. The van der Waals surface area contributed by atoms with Gasteiger partial charge in [0.15, 0.2) is 5.41 Å². The van der Waals surface area contributed by atoms with Gasteiger partial charge in [-0.05, 0) is 62.3 Å². The van der Waals surface area contributed by atoms with Gasteiger partial charge in [-0.25, -0.2) is 0 Å². The van der Waals surface area contributed by atoms with E-state index in [1.165, 1.54) is 0 Å². The molecule has 0 saturated carbocycles. The van der Waals surface area contributed by atoms with Crippen LogP contribution < -0.4 is 0 Å². The van der Waals surface area contributed by atoms with Crippen molar-refractivity contribution in [1.29, 1.82) is 0 Å². The molecule has 0 atom stereocenters. The molecule has 0 radical (unpaired) electrons. The molecule has 158 valence electrons.